The molecule has 1 fully saturated rings. The third-order valence-corrected chi connectivity index (χ3v) is 6.82. The van der Waals surface area contributed by atoms with E-state index in [2.05, 4.69) is 15.2 Å². The molecule has 1 N–H and O–H groups in total. The molecule has 0 unspecified atom stereocenters. The van der Waals surface area contributed by atoms with Gasteiger partial charge in [0.25, 0.3) is 0 Å². The van der Waals surface area contributed by atoms with Gasteiger partial charge in [-0.2, -0.15) is 0 Å². The van der Waals surface area contributed by atoms with Crippen LogP contribution < -0.4 is 10.5 Å². The summed E-state index contributed by atoms with van der Waals surface area (Å²) >= 11 is 6.06. The Morgan fingerprint density at radius 2 is 2.11 bits per heavy atom. The number of carbonyl (C=O) groups is 1. The van der Waals surface area contributed by atoms with Crippen molar-refractivity contribution < 1.29 is 9.53 Å². The van der Waals surface area contributed by atoms with Gasteiger partial charge in [-0.15, -0.1) is 0 Å². The molecule has 1 aromatic heterocycles. The van der Waals surface area contributed by atoms with Crippen molar-refractivity contribution in [3.05, 3.63) is 70.3 Å². The van der Waals surface area contributed by atoms with Crippen molar-refractivity contribution in [1.29, 1.82) is 0 Å². The molecule has 4 rings (SSSR count). The van der Waals surface area contributed by atoms with E-state index >= 15 is 0 Å². The number of aromatic nitrogens is 1. The highest BCUT2D eigenvalue weighted by atomic mass is 35.5. The average molecular weight is 499 g/mol. The Hall–Kier alpha value is -2.65. The van der Waals surface area contributed by atoms with Gasteiger partial charge in [-0.3, -0.25) is 14.7 Å². The number of nitrogens with zero attached hydrogens (tertiary/aromatic N) is 4. The maximum atomic E-state index is 13.2. The molecule has 1 aromatic carbocycles. The Bertz CT molecular complexity index is 1020. The Labute approximate surface area is 212 Å². The average Bonchev–Trinajstić information content (AvgIpc) is 3.31. The molecule has 8 nitrogen and oxygen atoms in total. The molecule has 0 aliphatic carbocycles. The van der Waals surface area contributed by atoms with Gasteiger partial charge in [0.1, 0.15) is 0 Å². The van der Waals surface area contributed by atoms with E-state index in [1.54, 1.807) is 24.5 Å². The van der Waals surface area contributed by atoms with E-state index in [0.29, 0.717) is 49.8 Å². The second kappa shape index (κ2) is 12.4. The number of rotatable bonds is 11. The van der Waals surface area contributed by atoms with Crippen LogP contribution in [0.2, 0.25) is 5.02 Å². The molecule has 2 aliphatic rings. The molecule has 1 amide bonds. The van der Waals surface area contributed by atoms with Crippen molar-refractivity contribution in [2.45, 2.75) is 38.1 Å². The lowest BCUT2D eigenvalue weighted by Gasteiger charge is -2.47. The number of hydrogen-bond acceptors (Lipinski definition) is 7. The van der Waals surface area contributed by atoms with Crippen LogP contribution in [0, 0.1) is 5.21 Å². The minimum Gasteiger partial charge on any atom is -0.738 e. The van der Waals surface area contributed by atoms with Gasteiger partial charge < -0.3 is 25.4 Å². The molecule has 1 atom stereocenters. The molecule has 0 spiro atoms. The molecular weight excluding hydrogens is 466 g/mol. The maximum Gasteiger partial charge on any atom is 0.221 e. The number of pyridine rings is 1. The third kappa shape index (κ3) is 6.73. The molecule has 2 aromatic rings. The summed E-state index contributed by atoms with van der Waals surface area (Å²) in [4.78, 5) is 18.7. The fourth-order valence-corrected chi connectivity index (χ4v) is 4.86. The fraction of sp³-hybridized carbons (Fsp3) is 0.462. The first-order valence-corrected chi connectivity index (χ1v) is 12.6. The quantitative estimate of drug-likeness (QED) is 0.471. The van der Waals surface area contributed by atoms with Crippen molar-refractivity contribution in [1.82, 2.24) is 20.2 Å². The van der Waals surface area contributed by atoms with Crippen molar-refractivity contribution in [2.75, 3.05) is 45.1 Å². The standard InChI is InChI=1S/C26H33ClN5O3/c1-35-15-3-11-29-26(33)10-14-30-13-2-4-23(30)19-31-18-21(16-20-5-7-22(27)8-6-20)24-9-12-28-17-25(24)32(31)34/h5-9,12,17-18,23H,2-4,10-11,13-16,19H2,1H3,(H,29,33)/q-1/t23-/m1/s1. The SMILES string of the molecule is COCCCNC(=O)CCN1CCC[C@@H]1CN1C=C(Cc2ccc(Cl)cc2)c2ccncc2N1[O-]. The zero-order valence-corrected chi connectivity index (χ0v) is 20.9. The van der Waals surface area contributed by atoms with E-state index in [4.69, 9.17) is 16.3 Å². The second-order valence-electron chi connectivity index (χ2n) is 9.02. The number of ether oxygens (including phenoxy) is 1. The fourth-order valence-electron chi connectivity index (χ4n) is 4.73. The van der Waals surface area contributed by atoms with Crippen molar-refractivity contribution >= 4 is 28.8 Å². The number of hydrogen-bond donors (Lipinski definition) is 1. The predicted octanol–water partition coefficient (Wildman–Crippen LogP) is 3.86. The number of anilines is 1. The van der Waals surface area contributed by atoms with E-state index < -0.39 is 0 Å². The second-order valence-corrected chi connectivity index (χ2v) is 9.46. The first kappa shape index (κ1) is 25.4. The molecule has 3 heterocycles. The molecule has 0 bridgehead atoms. The number of nitrogens with one attached hydrogen (secondary N) is 1. The number of amides is 1. The van der Waals surface area contributed by atoms with Gasteiger partial charge in [0.15, 0.2) is 0 Å². The lowest BCUT2D eigenvalue weighted by atomic mass is 9.97. The Balaban J connectivity index is 1.41. The van der Waals surface area contributed by atoms with Gasteiger partial charge in [-0.05, 0) is 61.6 Å². The first-order chi connectivity index (χ1) is 17.0. The number of halogens is 1. The molecule has 9 heteroatoms. The van der Waals surface area contributed by atoms with Crippen LogP contribution in [0.25, 0.3) is 5.57 Å². The van der Waals surface area contributed by atoms with Crippen LogP contribution in [-0.4, -0.2) is 66.7 Å². The minimum atomic E-state index is 0.0559. The van der Waals surface area contributed by atoms with Gasteiger partial charge in [0, 0.05) is 62.3 Å². The van der Waals surface area contributed by atoms with E-state index in [0.717, 1.165) is 47.7 Å². The Morgan fingerprint density at radius 1 is 1.29 bits per heavy atom. The summed E-state index contributed by atoms with van der Waals surface area (Å²) in [6.07, 6.45) is 9.33. The van der Waals surface area contributed by atoms with Crippen LogP contribution in [0.4, 0.5) is 5.69 Å². The van der Waals surface area contributed by atoms with E-state index in [1.165, 1.54) is 0 Å². The van der Waals surface area contributed by atoms with Gasteiger partial charge in [0.2, 0.25) is 5.91 Å². The van der Waals surface area contributed by atoms with Gasteiger partial charge in [0.05, 0.1) is 18.4 Å². The Morgan fingerprint density at radius 3 is 2.91 bits per heavy atom. The molecule has 1 saturated heterocycles. The number of carbonyl (C=O) groups excluding carboxylic acids is 1. The number of methoxy groups -OCH3 is 1. The molecule has 0 radical (unpaired) electrons. The summed E-state index contributed by atoms with van der Waals surface area (Å²) in [5, 5.41) is 19.6. The topological polar surface area (TPSA) is 84.0 Å². The van der Waals surface area contributed by atoms with E-state index in [1.807, 2.05) is 36.5 Å². The molecular formula is C26H33ClN5O3-. The molecule has 35 heavy (non-hydrogen) atoms. The van der Waals surface area contributed by atoms with Gasteiger partial charge in [-0.25, -0.2) is 0 Å². The number of fused-ring (bicyclic) bond motifs is 1. The summed E-state index contributed by atoms with van der Waals surface area (Å²) in [5.41, 5.74) is 3.65. The van der Waals surface area contributed by atoms with Crippen LogP contribution in [0.15, 0.2) is 48.9 Å². The van der Waals surface area contributed by atoms with Crippen molar-refractivity contribution in [3.8, 4) is 0 Å². The van der Waals surface area contributed by atoms with E-state index in [-0.39, 0.29) is 11.9 Å². The van der Waals surface area contributed by atoms with Gasteiger partial charge >= 0.3 is 0 Å². The number of likely N-dealkylation sites (tertiary alicyclic amines) is 1. The summed E-state index contributed by atoms with van der Waals surface area (Å²) in [7, 11) is 1.66. The number of allylic oxidation sites excluding steroid dienone is 1. The third-order valence-electron chi connectivity index (χ3n) is 6.57. The predicted molar refractivity (Wildman–Crippen MR) is 139 cm³/mol. The minimum absolute atomic E-state index is 0.0559. The van der Waals surface area contributed by atoms with Crippen LogP contribution in [0.3, 0.4) is 0 Å². The van der Waals surface area contributed by atoms with E-state index in [9.17, 15) is 10.0 Å². The van der Waals surface area contributed by atoms with Crippen LogP contribution in [0.1, 0.15) is 36.8 Å². The normalized spacial score (nSPS) is 17.9. The van der Waals surface area contributed by atoms with Crippen molar-refractivity contribution in [3.63, 3.8) is 0 Å². The van der Waals surface area contributed by atoms with Crippen LogP contribution in [0.5, 0.6) is 0 Å². The highest BCUT2D eigenvalue weighted by molar-refractivity contribution is 6.30. The lowest BCUT2D eigenvalue weighted by molar-refractivity contribution is -0.121. The highest BCUT2D eigenvalue weighted by Crippen LogP contribution is 2.35. The zero-order valence-electron chi connectivity index (χ0n) is 20.2. The highest BCUT2D eigenvalue weighted by Gasteiger charge is 2.28. The zero-order chi connectivity index (χ0) is 24.6. The summed E-state index contributed by atoms with van der Waals surface area (Å²) < 4.78 is 5.02. The maximum absolute atomic E-state index is 13.2. The molecule has 0 saturated carbocycles. The first-order valence-electron chi connectivity index (χ1n) is 12.2. The smallest absolute Gasteiger partial charge is 0.221 e. The largest absolute Gasteiger partial charge is 0.738 e. The lowest BCUT2D eigenvalue weighted by Crippen LogP contribution is -2.46. The summed E-state index contributed by atoms with van der Waals surface area (Å²) in [5.74, 6) is 0.0559. The van der Waals surface area contributed by atoms with Gasteiger partial charge in [-0.1, -0.05) is 23.7 Å². The monoisotopic (exact) mass is 498 g/mol. The molecule has 2 aliphatic heterocycles. The summed E-state index contributed by atoms with van der Waals surface area (Å²) in [6.45, 7) is 3.46. The number of benzene rings is 1. The molecule has 188 valence electrons. The van der Waals surface area contributed by atoms with Crippen LogP contribution >= 0.6 is 11.6 Å². The number of hydrazine groups is 1. The van der Waals surface area contributed by atoms with Crippen molar-refractivity contribution in [2.24, 2.45) is 0 Å². The Kier molecular flexibility index (Phi) is 8.98. The summed E-state index contributed by atoms with van der Waals surface area (Å²) in [6, 6.07) is 9.89. The van der Waals surface area contributed by atoms with Crippen LogP contribution in [-0.2, 0) is 16.0 Å².